The van der Waals surface area contributed by atoms with E-state index in [1.54, 1.807) is 30.0 Å². The molecule has 1 aliphatic carbocycles. The van der Waals surface area contributed by atoms with E-state index in [1.807, 2.05) is 0 Å². The lowest BCUT2D eigenvalue weighted by Gasteiger charge is -2.33. The van der Waals surface area contributed by atoms with Gasteiger partial charge in [-0.15, -0.1) is 0 Å². The molecule has 6 nitrogen and oxygen atoms in total. The molecule has 0 radical (unpaired) electrons. The molecule has 142 valence electrons. The molecule has 1 N–H and O–H groups in total. The molecule has 2 bridgehead atoms. The van der Waals surface area contributed by atoms with Crippen molar-refractivity contribution in [2.24, 2.45) is 5.92 Å². The lowest BCUT2D eigenvalue weighted by atomic mass is 10.0. The number of likely N-dealkylation sites (tertiary alicyclic amines) is 1. The summed E-state index contributed by atoms with van der Waals surface area (Å²) in [6.07, 6.45) is 4.25. The molecule has 2 fully saturated rings. The molecule has 1 amide bonds. The van der Waals surface area contributed by atoms with E-state index >= 15 is 0 Å². The number of rotatable bonds is 4. The Balaban J connectivity index is 1.53. The monoisotopic (exact) mass is 389 g/mol. The van der Waals surface area contributed by atoms with Crippen LogP contribution in [-0.4, -0.2) is 42.8 Å². The van der Waals surface area contributed by atoms with Crippen molar-refractivity contribution < 1.29 is 17.6 Å². The number of amides is 1. The number of hydrogen-bond donors (Lipinski definition) is 1. The third kappa shape index (κ3) is 3.35. The molecular formula is C19H20FN3O3S. The van der Waals surface area contributed by atoms with Crippen LogP contribution in [0.25, 0.3) is 0 Å². The van der Waals surface area contributed by atoms with Gasteiger partial charge in [-0.05, 0) is 55.5 Å². The van der Waals surface area contributed by atoms with Gasteiger partial charge >= 0.3 is 0 Å². The number of halogens is 1. The smallest absolute Gasteiger partial charge is 0.254 e. The van der Waals surface area contributed by atoms with Crippen LogP contribution in [0.1, 0.15) is 28.8 Å². The average Bonchev–Trinajstić information content (AvgIpc) is 3.24. The molecule has 0 unspecified atom stereocenters. The maximum absolute atomic E-state index is 13.8. The molecule has 2 aromatic rings. The van der Waals surface area contributed by atoms with Crippen LogP contribution in [0.2, 0.25) is 0 Å². The number of carbonyl (C=O) groups is 1. The second-order valence-corrected chi connectivity index (χ2v) is 8.96. The first-order valence-corrected chi connectivity index (χ1v) is 10.3. The van der Waals surface area contributed by atoms with E-state index in [1.165, 1.54) is 24.5 Å². The van der Waals surface area contributed by atoms with E-state index in [0.29, 0.717) is 24.1 Å². The number of nitrogens with one attached hydrogen (secondary N) is 1. The summed E-state index contributed by atoms with van der Waals surface area (Å²) < 4.78 is 41.7. The van der Waals surface area contributed by atoms with Gasteiger partial charge in [-0.1, -0.05) is 6.07 Å². The Bertz CT molecular complexity index is 981. The summed E-state index contributed by atoms with van der Waals surface area (Å²) in [6, 6.07) is 6.92. The Hall–Kier alpha value is -2.32. The van der Waals surface area contributed by atoms with Crippen molar-refractivity contribution in [1.29, 1.82) is 0 Å². The number of aryl methyl sites for hydroxylation is 1. The van der Waals surface area contributed by atoms with Crippen LogP contribution >= 0.6 is 0 Å². The highest BCUT2D eigenvalue weighted by Gasteiger charge is 2.48. The molecule has 3 atom stereocenters. The first-order chi connectivity index (χ1) is 12.8. The summed E-state index contributed by atoms with van der Waals surface area (Å²) in [5, 5.41) is 0. The maximum atomic E-state index is 13.8. The average molecular weight is 389 g/mol. The van der Waals surface area contributed by atoms with E-state index in [9.17, 15) is 17.6 Å². The summed E-state index contributed by atoms with van der Waals surface area (Å²) in [7, 11) is -3.70. The molecule has 1 aromatic heterocycles. The van der Waals surface area contributed by atoms with Crippen LogP contribution in [0.15, 0.2) is 47.6 Å². The summed E-state index contributed by atoms with van der Waals surface area (Å²) in [6.45, 7) is 2.22. The van der Waals surface area contributed by atoms with Crippen LogP contribution in [0.3, 0.4) is 0 Å². The van der Waals surface area contributed by atoms with Crippen molar-refractivity contribution in [2.45, 2.75) is 36.7 Å². The van der Waals surface area contributed by atoms with Gasteiger partial charge < -0.3 is 4.90 Å². The third-order valence-electron chi connectivity index (χ3n) is 5.41. The minimum Gasteiger partial charge on any atom is -0.334 e. The van der Waals surface area contributed by atoms with E-state index in [-0.39, 0.29) is 28.8 Å². The fraction of sp³-hybridized carbons (Fsp3) is 0.368. The zero-order chi connectivity index (χ0) is 19.2. The second-order valence-electron chi connectivity index (χ2n) is 7.24. The SMILES string of the molecule is Cc1ccc(C(=O)N2C[C@@H]3C[C@H](NS(=O)(=O)c4cccnc4)[C@H]2C3)cc1F. The number of carbonyl (C=O) groups excluding carboxylic acids is 1. The van der Waals surface area contributed by atoms with Crippen LogP contribution < -0.4 is 4.72 Å². The van der Waals surface area contributed by atoms with E-state index in [4.69, 9.17) is 0 Å². The van der Waals surface area contributed by atoms with E-state index in [0.717, 1.165) is 6.42 Å². The molecule has 27 heavy (non-hydrogen) atoms. The highest BCUT2D eigenvalue weighted by Crippen LogP contribution is 2.39. The van der Waals surface area contributed by atoms with Gasteiger partial charge in [0.25, 0.3) is 5.91 Å². The normalized spacial score (nSPS) is 24.4. The summed E-state index contributed by atoms with van der Waals surface area (Å²) >= 11 is 0. The van der Waals surface area contributed by atoms with Crippen LogP contribution in [-0.2, 0) is 10.0 Å². The quantitative estimate of drug-likeness (QED) is 0.869. The molecule has 2 heterocycles. The van der Waals surface area contributed by atoms with Crippen molar-refractivity contribution in [3.8, 4) is 0 Å². The lowest BCUT2D eigenvalue weighted by molar-refractivity contribution is 0.0677. The number of fused-ring (bicyclic) bond motifs is 2. The first kappa shape index (κ1) is 18.1. The Morgan fingerprint density at radius 3 is 2.78 bits per heavy atom. The Morgan fingerprint density at radius 2 is 2.11 bits per heavy atom. The van der Waals surface area contributed by atoms with Crippen molar-refractivity contribution in [2.75, 3.05) is 6.54 Å². The fourth-order valence-corrected chi connectivity index (χ4v) is 5.30. The first-order valence-electron chi connectivity index (χ1n) is 8.84. The zero-order valence-electron chi connectivity index (χ0n) is 14.8. The van der Waals surface area contributed by atoms with Crippen LogP contribution in [0, 0.1) is 18.7 Å². The highest BCUT2D eigenvalue weighted by molar-refractivity contribution is 7.89. The van der Waals surface area contributed by atoms with Crippen molar-refractivity contribution in [1.82, 2.24) is 14.6 Å². The topological polar surface area (TPSA) is 79.4 Å². The second kappa shape index (κ2) is 6.69. The van der Waals surface area contributed by atoms with Gasteiger partial charge in [-0.2, -0.15) is 0 Å². The molecular weight excluding hydrogens is 369 g/mol. The molecule has 1 aliphatic heterocycles. The van der Waals surface area contributed by atoms with Gasteiger partial charge in [-0.3, -0.25) is 9.78 Å². The van der Waals surface area contributed by atoms with Crippen molar-refractivity contribution >= 4 is 15.9 Å². The van der Waals surface area contributed by atoms with Crippen molar-refractivity contribution in [3.63, 3.8) is 0 Å². The Labute approximate surface area is 157 Å². The highest BCUT2D eigenvalue weighted by atomic mass is 32.2. The number of pyridine rings is 1. The standard InChI is InChI=1S/C19H20FN3O3S/c1-12-4-5-14(9-16(12)20)19(24)23-11-13-7-17(18(23)8-13)22-27(25,26)15-3-2-6-21-10-15/h2-6,9-10,13,17-18,22H,7-8,11H2,1H3/t13-,17+,18-/m1/s1. The molecule has 1 saturated heterocycles. The minimum absolute atomic E-state index is 0.103. The van der Waals surface area contributed by atoms with Gasteiger partial charge in [0.15, 0.2) is 0 Å². The zero-order valence-corrected chi connectivity index (χ0v) is 15.6. The Morgan fingerprint density at radius 1 is 1.30 bits per heavy atom. The maximum Gasteiger partial charge on any atom is 0.254 e. The number of piperidine rings is 1. The fourth-order valence-electron chi connectivity index (χ4n) is 4.05. The summed E-state index contributed by atoms with van der Waals surface area (Å²) in [5.74, 6) is -0.429. The van der Waals surface area contributed by atoms with E-state index < -0.39 is 15.8 Å². The lowest BCUT2D eigenvalue weighted by Crippen LogP contribution is -2.51. The Kier molecular flexibility index (Phi) is 4.47. The van der Waals surface area contributed by atoms with Crippen LogP contribution in [0.4, 0.5) is 4.39 Å². The molecule has 1 aromatic carbocycles. The predicted octanol–water partition coefficient (Wildman–Crippen LogP) is 2.11. The van der Waals surface area contributed by atoms with E-state index in [2.05, 4.69) is 9.71 Å². The summed E-state index contributed by atoms with van der Waals surface area (Å²) in [5.41, 5.74) is 0.774. The van der Waals surface area contributed by atoms with Gasteiger partial charge in [-0.25, -0.2) is 17.5 Å². The molecule has 0 spiro atoms. The predicted molar refractivity (Wildman–Crippen MR) is 97.0 cm³/mol. The van der Waals surface area contributed by atoms with Gasteiger partial charge in [0.05, 0.1) is 0 Å². The van der Waals surface area contributed by atoms with Crippen molar-refractivity contribution in [3.05, 3.63) is 59.7 Å². The van der Waals surface area contributed by atoms with Gasteiger partial charge in [0.1, 0.15) is 10.7 Å². The number of hydrogen-bond acceptors (Lipinski definition) is 4. The molecule has 4 rings (SSSR count). The molecule has 1 saturated carbocycles. The molecule has 8 heteroatoms. The third-order valence-corrected chi connectivity index (χ3v) is 6.89. The number of sulfonamides is 1. The minimum atomic E-state index is -3.70. The molecule has 2 aliphatic rings. The number of aromatic nitrogens is 1. The largest absolute Gasteiger partial charge is 0.334 e. The van der Waals surface area contributed by atoms with Gasteiger partial charge in [0, 0.05) is 36.6 Å². The van der Waals surface area contributed by atoms with Crippen LogP contribution in [0.5, 0.6) is 0 Å². The van der Waals surface area contributed by atoms with Gasteiger partial charge in [0.2, 0.25) is 10.0 Å². The number of nitrogens with zero attached hydrogens (tertiary/aromatic N) is 2. The summed E-state index contributed by atoms with van der Waals surface area (Å²) in [4.78, 5) is 18.5. The number of benzene rings is 1.